The molecule has 0 radical (unpaired) electrons. The number of carbonyl (C=O) groups excluding carboxylic acids is 1. The van der Waals surface area contributed by atoms with Gasteiger partial charge in [-0.05, 0) is 36.3 Å². The van der Waals surface area contributed by atoms with Gasteiger partial charge < -0.3 is 11.5 Å². The average molecular weight is 272 g/mol. The Bertz CT molecular complexity index is 619. The van der Waals surface area contributed by atoms with Gasteiger partial charge in [-0.3, -0.25) is 4.79 Å². The van der Waals surface area contributed by atoms with Crippen LogP contribution in [0.3, 0.4) is 0 Å². The van der Waals surface area contributed by atoms with Crippen molar-refractivity contribution in [2.45, 2.75) is 25.2 Å². The molecule has 1 heterocycles. The summed E-state index contributed by atoms with van der Waals surface area (Å²) in [5.41, 5.74) is 14.3. The Hall–Kier alpha value is -1.81. The summed E-state index contributed by atoms with van der Waals surface area (Å²) >= 11 is 1.52. The zero-order chi connectivity index (χ0) is 13.4. The summed E-state index contributed by atoms with van der Waals surface area (Å²) in [6.45, 7) is 0. The van der Waals surface area contributed by atoms with E-state index in [-0.39, 0.29) is 0 Å². The number of nitrogens with two attached hydrogens (primary N) is 2. The molecule has 0 spiro atoms. The number of amides is 1. The molecular formula is C15H16N2OS. The highest BCUT2D eigenvalue weighted by Crippen LogP contribution is 2.40. The fourth-order valence-electron chi connectivity index (χ4n) is 2.89. The lowest BCUT2D eigenvalue weighted by Gasteiger charge is -2.22. The van der Waals surface area contributed by atoms with Gasteiger partial charge in [-0.1, -0.05) is 30.3 Å². The van der Waals surface area contributed by atoms with Crippen molar-refractivity contribution in [3.05, 3.63) is 51.9 Å². The third-order valence-corrected chi connectivity index (χ3v) is 4.89. The van der Waals surface area contributed by atoms with Gasteiger partial charge in [-0.15, -0.1) is 11.3 Å². The predicted octanol–water partition coefficient (Wildman–Crippen LogP) is 2.70. The Morgan fingerprint density at radius 2 is 2.00 bits per heavy atom. The van der Waals surface area contributed by atoms with Crippen LogP contribution in [0.5, 0.6) is 0 Å². The van der Waals surface area contributed by atoms with Crippen LogP contribution in [0.4, 0.5) is 5.00 Å². The van der Waals surface area contributed by atoms with E-state index in [1.54, 1.807) is 0 Å². The summed E-state index contributed by atoms with van der Waals surface area (Å²) < 4.78 is 0. The molecule has 2 aromatic rings. The van der Waals surface area contributed by atoms with Gasteiger partial charge in [-0.25, -0.2) is 0 Å². The first kappa shape index (κ1) is 12.2. The topological polar surface area (TPSA) is 69.1 Å². The van der Waals surface area contributed by atoms with Gasteiger partial charge in [0.15, 0.2) is 0 Å². The smallest absolute Gasteiger partial charge is 0.251 e. The zero-order valence-corrected chi connectivity index (χ0v) is 11.4. The summed E-state index contributed by atoms with van der Waals surface area (Å²) in [6.07, 6.45) is 2.90. The first-order valence-electron chi connectivity index (χ1n) is 6.41. The average Bonchev–Trinajstić information content (AvgIpc) is 2.74. The van der Waals surface area contributed by atoms with E-state index in [0.717, 1.165) is 24.8 Å². The Balaban J connectivity index is 1.94. The van der Waals surface area contributed by atoms with Crippen LogP contribution in [-0.2, 0) is 12.8 Å². The lowest BCUT2D eigenvalue weighted by atomic mass is 9.83. The number of rotatable bonds is 2. The molecule has 1 aliphatic carbocycles. The second-order valence-electron chi connectivity index (χ2n) is 4.96. The molecule has 1 unspecified atom stereocenters. The molecule has 4 heteroatoms. The molecule has 0 aliphatic heterocycles. The molecule has 1 amide bonds. The molecule has 1 aromatic heterocycles. The summed E-state index contributed by atoms with van der Waals surface area (Å²) in [5.74, 6) is 0.126. The van der Waals surface area contributed by atoms with Crippen molar-refractivity contribution < 1.29 is 4.79 Å². The molecular weight excluding hydrogens is 256 g/mol. The van der Waals surface area contributed by atoms with Crippen LogP contribution in [0.1, 0.15) is 38.7 Å². The first-order valence-corrected chi connectivity index (χ1v) is 7.23. The van der Waals surface area contributed by atoms with Gasteiger partial charge in [0.05, 0.1) is 10.6 Å². The van der Waals surface area contributed by atoms with Crippen molar-refractivity contribution >= 4 is 22.2 Å². The van der Waals surface area contributed by atoms with Crippen LogP contribution in [0, 0.1) is 0 Å². The minimum atomic E-state index is -0.395. The van der Waals surface area contributed by atoms with E-state index < -0.39 is 5.91 Å². The van der Waals surface area contributed by atoms with Gasteiger partial charge in [0, 0.05) is 4.88 Å². The number of carbonyl (C=O) groups is 1. The molecule has 1 atom stereocenters. The van der Waals surface area contributed by atoms with Gasteiger partial charge >= 0.3 is 0 Å². The van der Waals surface area contributed by atoms with Gasteiger partial charge in [0.1, 0.15) is 0 Å². The zero-order valence-electron chi connectivity index (χ0n) is 10.6. The highest BCUT2D eigenvalue weighted by Gasteiger charge is 2.27. The van der Waals surface area contributed by atoms with Gasteiger partial charge in [-0.2, -0.15) is 0 Å². The summed E-state index contributed by atoms with van der Waals surface area (Å²) in [5, 5.41) is 0.575. The third kappa shape index (κ3) is 2.12. The Kier molecular flexibility index (Phi) is 3.03. The number of hydrogen-bond acceptors (Lipinski definition) is 3. The fourth-order valence-corrected chi connectivity index (χ4v) is 4.09. The van der Waals surface area contributed by atoms with Crippen molar-refractivity contribution in [1.82, 2.24) is 0 Å². The lowest BCUT2D eigenvalue weighted by Crippen LogP contribution is -2.17. The lowest BCUT2D eigenvalue weighted by molar-refractivity contribution is 0.100. The van der Waals surface area contributed by atoms with Crippen LogP contribution in [-0.4, -0.2) is 5.91 Å². The Morgan fingerprint density at radius 1 is 1.26 bits per heavy atom. The SMILES string of the molecule is NC(=O)c1c(N)sc2c1CCC(c1ccccc1)C2. The third-order valence-electron chi connectivity index (χ3n) is 3.81. The van der Waals surface area contributed by atoms with E-state index in [9.17, 15) is 4.79 Å². The molecule has 19 heavy (non-hydrogen) atoms. The number of thiophene rings is 1. The molecule has 0 saturated carbocycles. The Morgan fingerprint density at radius 3 is 2.68 bits per heavy atom. The maximum atomic E-state index is 11.5. The van der Waals surface area contributed by atoms with E-state index in [2.05, 4.69) is 24.3 Å². The predicted molar refractivity (Wildman–Crippen MR) is 78.5 cm³/mol. The van der Waals surface area contributed by atoms with E-state index in [1.165, 1.54) is 21.8 Å². The molecule has 0 bridgehead atoms. The van der Waals surface area contributed by atoms with Crippen molar-refractivity contribution in [2.24, 2.45) is 5.73 Å². The number of hydrogen-bond donors (Lipinski definition) is 2. The molecule has 1 aromatic carbocycles. The van der Waals surface area contributed by atoms with Crippen LogP contribution in [0.25, 0.3) is 0 Å². The normalized spacial score (nSPS) is 18.0. The van der Waals surface area contributed by atoms with Crippen molar-refractivity contribution in [2.75, 3.05) is 5.73 Å². The minimum absolute atomic E-state index is 0.395. The summed E-state index contributed by atoms with van der Waals surface area (Å²) in [6, 6.07) is 10.5. The number of anilines is 1. The van der Waals surface area contributed by atoms with Crippen LogP contribution < -0.4 is 11.5 Å². The highest BCUT2D eigenvalue weighted by molar-refractivity contribution is 7.16. The van der Waals surface area contributed by atoms with Crippen LogP contribution >= 0.6 is 11.3 Å². The molecule has 3 rings (SSSR count). The van der Waals surface area contributed by atoms with E-state index in [4.69, 9.17) is 11.5 Å². The summed E-state index contributed by atoms with van der Waals surface area (Å²) in [4.78, 5) is 12.7. The number of fused-ring (bicyclic) bond motifs is 1. The van der Waals surface area contributed by atoms with Crippen molar-refractivity contribution in [1.29, 1.82) is 0 Å². The monoisotopic (exact) mass is 272 g/mol. The second kappa shape index (κ2) is 4.70. The van der Waals surface area contributed by atoms with Crippen LogP contribution in [0.2, 0.25) is 0 Å². The van der Waals surface area contributed by atoms with E-state index >= 15 is 0 Å². The quantitative estimate of drug-likeness (QED) is 0.882. The minimum Gasteiger partial charge on any atom is -0.390 e. The fraction of sp³-hybridized carbons (Fsp3) is 0.267. The number of primary amides is 1. The Labute approximate surface area is 116 Å². The van der Waals surface area contributed by atoms with Gasteiger partial charge in [0.25, 0.3) is 5.91 Å². The van der Waals surface area contributed by atoms with E-state index in [1.807, 2.05) is 6.07 Å². The molecule has 98 valence electrons. The van der Waals surface area contributed by atoms with Crippen molar-refractivity contribution in [3.63, 3.8) is 0 Å². The number of nitrogen functional groups attached to an aromatic ring is 1. The maximum absolute atomic E-state index is 11.5. The van der Waals surface area contributed by atoms with E-state index in [0.29, 0.717) is 16.5 Å². The van der Waals surface area contributed by atoms with Gasteiger partial charge in [0.2, 0.25) is 0 Å². The van der Waals surface area contributed by atoms with Crippen LogP contribution in [0.15, 0.2) is 30.3 Å². The molecule has 4 N–H and O–H groups in total. The molecule has 1 aliphatic rings. The number of benzene rings is 1. The highest BCUT2D eigenvalue weighted by atomic mass is 32.1. The maximum Gasteiger partial charge on any atom is 0.251 e. The molecule has 0 fully saturated rings. The summed E-state index contributed by atoms with van der Waals surface area (Å²) in [7, 11) is 0. The standard InChI is InChI=1S/C15H16N2OS/c16-14(18)13-11-7-6-10(8-12(11)19-15(13)17)9-4-2-1-3-5-9/h1-5,10H,6-8,17H2,(H2,16,18). The van der Waals surface area contributed by atoms with Crippen molar-refractivity contribution in [3.8, 4) is 0 Å². The first-order chi connectivity index (χ1) is 9.16. The molecule has 3 nitrogen and oxygen atoms in total. The second-order valence-corrected chi connectivity index (χ2v) is 6.09. The molecule has 0 saturated heterocycles. The largest absolute Gasteiger partial charge is 0.390 e.